The quantitative estimate of drug-likeness (QED) is 0.841. The first kappa shape index (κ1) is 16.4. The van der Waals surface area contributed by atoms with E-state index in [4.69, 9.17) is 4.74 Å². The molecule has 0 saturated carbocycles. The zero-order valence-electron chi connectivity index (χ0n) is 12.8. The van der Waals surface area contributed by atoms with Gasteiger partial charge in [-0.05, 0) is 12.5 Å². The van der Waals surface area contributed by atoms with Crippen LogP contribution in [0.5, 0.6) is 0 Å². The van der Waals surface area contributed by atoms with Crippen molar-refractivity contribution in [3.05, 3.63) is 35.6 Å². The molecule has 1 aliphatic rings. The fourth-order valence-electron chi connectivity index (χ4n) is 2.51. The Bertz CT molecular complexity index is 550. The number of morpholine rings is 1. The van der Waals surface area contributed by atoms with Crippen LogP contribution in [0.2, 0.25) is 0 Å². The summed E-state index contributed by atoms with van der Waals surface area (Å²) in [5, 5.41) is 2.78. The number of benzene rings is 1. The van der Waals surface area contributed by atoms with Crippen molar-refractivity contribution in [3.63, 3.8) is 0 Å². The van der Waals surface area contributed by atoms with E-state index < -0.39 is 18.0 Å². The molecule has 0 bridgehead atoms. The number of carbonyl (C=O) groups excluding carboxylic acids is 2. The molecule has 6 heteroatoms. The average molecular weight is 308 g/mol. The minimum atomic E-state index is -0.906. The highest BCUT2D eigenvalue weighted by molar-refractivity contribution is 5.86. The summed E-state index contributed by atoms with van der Waals surface area (Å²) in [6.45, 7) is 2.39. The predicted octanol–water partition coefficient (Wildman–Crippen LogP) is 1.64. The third-order valence-electron chi connectivity index (χ3n) is 3.80. The first-order chi connectivity index (χ1) is 10.6. The molecule has 120 valence electrons. The fourth-order valence-corrected chi connectivity index (χ4v) is 2.51. The Kier molecular flexibility index (Phi) is 5.49. The van der Waals surface area contributed by atoms with Gasteiger partial charge in [0.05, 0.1) is 6.04 Å². The van der Waals surface area contributed by atoms with Crippen LogP contribution in [0, 0.1) is 5.82 Å². The monoisotopic (exact) mass is 308 g/mol. The number of unbranched alkanes of at least 4 members (excludes halogenated alkanes) is 1. The third-order valence-corrected chi connectivity index (χ3v) is 3.80. The number of halogens is 1. The van der Waals surface area contributed by atoms with Gasteiger partial charge >= 0.3 is 0 Å². The molecular formula is C16H21FN2O3. The second-order valence-electron chi connectivity index (χ2n) is 5.35. The first-order valence-corrected chi connectivity index (χ1v) is 7.45. The molecule has 0 unspecified atom stereocenters. The van der Waals surface area contributed by atoms with E-state index in [0.717, 1.165) is 12.8 Å². The van der Waals surface area contributed by atoms with Crippen molar-refractivity contribution < 1.29 is 18.7 Å². The molecule has 0 spiro atoms. The Labute approximate surface area is 129 Å². The van der Waals surface area contributed by atoms with Gasteiger partial charge in [0.1, 0.15) is 12.4 Å². The Morgan fingerprint density at radius 3 is 2.86 bits per heavy atom. The van der Waals surface area contributed by atoms with Crippen molar-refractivity contribution >= 4 is 11.8 Å². The van der Waals surface area contributed by atoms with Crippen LogP contribution in [-0.4, -0.2) is 43.0 Å². The van der Waals surface area contributed by atoms with E-state index in [1.54, 1.807) is 25.2 Å². The minimum absolute atomic E-state index is 0.173. The van der Waals surface area contributed by atoms with Crippen LogP contribution in [0.15, 0.2) is 24.3 Å². The van der Waals surface area contributed by atoms with Crippen LogP contribution in [0.4, 0.5) is 4.39 Å². The van der Waals surface area contributed by atoms with Crippen molar-refractivity contribution in [2.75, 3.05) is 20.2 Å². The molecule has 1 aromatic carbocycles. The summed E-state index contributed by atoms with van der Waals surface area (Å²) in [5.41, 5.74) is 0.286. The molecule has 0 radical (unpaired) electrons. The molecule has 1 fully saturated rings. The summed E-state index contributed by atoms with van der Waals surface area (Å²) in [4.78, 5) is 25.6. The van der Waals surface area contributed by atoms with Gasteiger partial charge in [-0.3, -0.25) is 9.59 Å². The molecule has 0 aromatic heterocycles. The number of rotatable bonds is 5. The smallest absolute Gasteiger partial charge is 0.251 e. The number of likely N-dealkylation sites (N-methyl/N-ethyl adjacent to an activating group) is 1. The fraction of sp³-hybridized carbons (Fsp3) is 0.500. The molecule has 5 nitrogen and oxygen atoms in total. The Morgan fingerprint density at radius 2 is 2.18 bits per heavy atom. The maximum Gasteiger partial charge on any atom is 0.251 e. The summed E-state index contributed by atoms with van der Waals surface area (Å²) in [6.07, 6.45) is 0.912. The van der Waals surface area contributed by atoms with Crippen molar-refractivity contribution in [2.45, 2.75) is 31.9 Å². The van der Waals surface area contributed by atoms with Crippen molar-refractivity contribution in [1.82, 2.24) is 10.2 Å². The molecule has 1 aromatic rings. The second-order valence-corrected chi connectivity index (χ2v) is 5.35. The molecule has 2 rings (SSSR count). The molecule has 1 N–H and O–H groups in total. The number of hydrogen-bond acceptors (Lipinski definition) is 3. The van der Waals surface area contributed by atoms with E-state index in [1.807, 2.05) is 6.92 Å². The summed E-state index contributed by atoms with van der Waals surface area (Å²) >= 11 is 0. The number of nitrogens with one attached hydrogen (secondary N) is 1. The lowest BCUT2D eigenvalue weighted by Gasteiger charge is -2.38. The lowest BCUT2D eigenvalue weighted by molar-refractivity contribution is -0.162. The van der Waals surface area contributed by atoms with Gasteiger partial charge < -0.3 is 15.0 Å². The minimum Gasteiger partial charge on any atom is -0.356 e. The molecule has 0 aliphatic carbocycles. The first-order valence-electron chi connectivity index (χ1n) is 7.45. The largest absolute Gasteiger partial charge is 0.356 e. The molecule has 22 heavy (non-hydrogen) atoms. The van der Waals surface area contributed by atoms with Gasteiger partial charge in [0.25, 0.3) is 5.91 Å². The average Bonchev–Trinajstić information content (AvgIpc) is 2.51. The van der Waals surface area contributed by atoms with Gasteiger partial charge in [0.15, 0.2) is 6.10 Å². The lowest BCUT2D eigenvalue weighted by Crippen LogP contribution is -2.53. The van der Waals surface area contributed by atoms with Gasteiger partial charge in [0, 0.05) is 19.2 Å². The Hall–Kier alpha value is -1.95. The van der Waals surface area contributed by atoms with Crippen LogP contribution in [-0.2, 0) is 14.3 Å². The number of carbonyl (C=O) groups is 2. The van der Waals surface area contributed by atoms with Crippen LogP contribution in [0.25, 0.3) is 0 Å². The number of nitrogens with zero attached hydrogens (tertiary/aromatic N) is 1. The van der Waals surface area contributed by atoms with Gasteiger partial charge in [0.2, 0.25) is 5.91 Å². The maximum absolute atomic E-state index is 14.1. The van der Waals surface area contributed by atoms with Crippen LogP contribution < -0.4 is 5.32 Å². The topological polar surface area (TPSA) is 58.6 Å². The second kappa shape index (κ2) is 7.35. The van der Waals surface area contributed by atoms with Crippen molar-refractivity contribution in [1.29, 1.82) is 0 Å². The van der Waals surface area contributed by atoms with Crippen LogP contribution in [0.1, 0.15) is 31.4 Å². The molecular weight excluding hydrogens is 287 g/mol. The SMILES string of the molecule is CCCCNC(=O)[C@@H]1OCC(=O)N(C)[C@@H]1c1ccccc1F. The summed E-state index contributed by atoms with van der Waals surface area (Å²) in [7, 11) is 1.56. The highest BCUT2D eigenvalue weighted by Crippen LogP contribution is 2.30. The van der Waals surface area contributed by atoms with E-state index in [-0.39, 0.29) is 24.0 Å². The third kappa shape index (κ3) is 3.44. The highest BCUT2D eigenvalue weighted by atomic mass is 19.1. The van der Waals surface area contributed by atoms with Crippen molar-refractivity contribution in [2.24, 2.45) is 0 Å². The molecule has 2 amide bonds. The zero-order valence-corrected chi connectivity index (χ0v) is 12.8. The number of ether oxygens (including phenoxy) is 1. The number of amides is 2. The standard InChI is InChI=1S/C16H21FN2O3/c1-3-4-9-18-16(21)15-14(19(2)13(20)10-22-15)11-7-5-6-8-12(11)17/h5-8,14-15H,3-4,9-10H2,1-2H3,(H,18,21)/t14-,15-/m1/s1. The van der Waals surface area contributed by atoms with Gasteiger partial charge in [-0.25, -0.2) is 4.39 Å². The summed E-state index contributed by atoms with van der Waals surface area (Å²) in [5.74, 6) is -1.05. The van der Waals surface area contributed by atoms with Gasteiger partial charge in [-0.1, -0.05) is 31.5 Å². The van der Waals surface area contributed by atoms with E-state index in [0.29, 0.717) is 6.54 Å². The van der Waals surface area contributed by atoms with E-state index in [1.165, 1.54) is 11.0 Å². The Balaban J connectivity index is 2.25. The molecule has 2 atom stereocenters. The number of hydrogen-bond donors (Lipinski definition) is 1. The van der Waals surface area contributed by atoms with E-state index >= 15 is 0 Å². The molecule has 1 heterocycles. The zero-order chi connectivity index (χ0) is 16.1. The highest BCUT2D eigenvalue weighted by Gasteiger charge is 2.40. The molecule has 1 aliphatic heterocycles. The lowest BCUT2D eigenvalue weighted by atomic mass is 9.97. The molecule has 1 saturated heterocycles. The predicted molar refractivity (Wildman–Crippen MR) is 79.6 cm³/mol. The van der Waals surface area contributed by atoms with E-state index in [9.17, 15) is 14.0 Å². The normalized spacial score (nSPS) is 21.8. The van der Waals surface area contributed by atoms with Crippen LogP contribution in [0.3, 0.4) is 0 Å². The van der Waals surface area contributed by atoms with E-state index in [2.05, 4.69) is 5.32 Å². The summed E-state index contributed by atoms with van der Waals surface area (Å²) < 4.78 is 19.5. The Morgan fingerprint density at radius 1 is 1.45 bits per heavy atom. The van der Waals surface area contributed by atoms with Crippen LogP contribution >= 0.6 is 0 Å². The maximum atomic E-state index is 14.1. The summed E-state index contributed by atoms with van der Waals surface area (Å²) in [6, 6.07) is 5.38. The van der Waals surface area contributed by atoms with Gasteiger partial charge in [-0.2, -0.15) is 0 Å². The van der Waals surface area contributed by atoms with Gasteiger partial charge in [-0.15, -0.1) is 0 Å². The van der Waals surface area contributed by atoms with Crippen molar-refractivity contribution in [3.8, 4) is 0 Å².